The van der Waals surface area contributed by atoms with E-state index in [1.165, 1.54) is 0 Å². The normalized spacial score (nSPS) is 13.9. The molecule has 0 saturated carbocycles. The largest absolute Gasteiger partial charge is 0.341 e. The summed E-state index contributed by atoms with van der Waals surface area (Å²) in [6, 6.07) is 27.7. The molecular formula is C26H22ClN3O2. The lowest BCUT2D eigenvalue weighted by Gasteiger charge is -2.38. The Morgan fingerprint density at radius 1 is 0.969 bits per heavy atom. The van der Waals surface area contributed by atoms with E-state index in [1.807, 2.05) is 53.4 Å². The minimum absolute atomic E-state index is 0.0294. The van der Waals surface area contributed by atoms with E-state index in [9.17, 15) is 4.79 Å². The number of rotatable bonds is 6. The van der Waals surface area contributed by atoms with Gasteiger partial charge in [0, 0.05) is 36.0 Å². The van der Waals surface area contributed by atoms with Crippen LogP contribution < -0.4 is 0 Å². The van der Waals surface area contributed by atoms with Crippen molar-refractivity contribution >= 4 is 17.5 Å². The maximum atomic E-state index is 13.1. The van der Waals surface area contributed by atoms with Crippen LogP contribution in [-0.2, 0) is 4.79 Å². The number of benzene rings is 3. The molecule has 2 heterocycles. The topological polar surface area (TPSA) is 59.2 Å². The summed E-state index contributed by atoms with van der Waals surface area (Å²) in [5.41, 5.74) is 3.10. The lowest BCUT2D eigenvalue weighted by Crippen LogP contribution is -2.48. The summed E-state index contributed by atoms with van der Waals surface area (Å²) in [5, 5.41) is 4.71. The van der Waals surface area contributed by atoms with Gasteiger partial charge in [0.1, 0.15) is 0 Å². The van der Waals surface area contributed by atoms with Crippen LogP contribution in [0.15, 0.2) is 89.5 Å². The van der Waals surface area contributed by atoms with Crippen molar-refractivity contribution in [3.63, 3.8) is 0 Å². The van der Waals surface area contributed by atoms with Gasteiger partial charge in [-0.25, -0.2) is 0 Å². The molecule has 1 amide bonds. The average Bonchev–Trinajstić information content (AvgIpc) is 3.27. The SMILES string of the molecule is O=C(CC(c1ccccc1)c1ccccc1)N1CC(c2nc(-c3cccc(Cl)c3)no2)C1. The number of likely N-dealkylation sites (tertiary alicyclic amines) is 1. The molecule has 0 bridgehead atoms. The molecule has 160 valence electrons. The lowest BCUT2D eigenvalue weighted by atomic mass is 9.87. The molecular weight excluding hydrogens is 422 g/mol. The molecule has 5 nitrogen and oxygen atoms in total. The fourth-order valence-electron chi connectivity index (χ4n) is 4.09. The van der Waals surface area contributed by atoms with Crippen molar-refractivity contribution in [2.45, 2.75) is 18.3 Å². The number of nitrogens with zero attached hydrogens (tertiary/aromatic N) is 3. The standard InChI is InChI=1S/C26H22ClN3O2/c27-22-13-7-12-20(14-22)25-28-26(32-29-25)21-16-30(17-21)24(31)15-23(18-8-3-1-4-9-18)19-10-5-2-6-11-19/h1-14,21,23H,15-17H2. The number of amides is 1. The predicted molar refractivity (Wildman–Crippen MR) is 123 cm³/mol. The zero-order valence-electron chi connectivity index (χ0n) is 17.4. The molecule has 0 aliphatic carbocycles. The smallest absolute Gasteiger partial charge is 0.233 e. The number of aromatic nitrogens is 2. The fourth-order valence-corrected chi connectivity index (χ4v) is 4.28. The second kappa shape index (κ2) is 8.97. The van der Waals surface area contributed by atoms with Gasteiger partial charge in [-0.2, -0.15) is 4.98 Å². The van der Waals surface area contributed by atoms with Crippen molar-refractivity contribution in [2.24, 2.45) is 0 Å². The van der Waals surface area contributed by atoms with Gasteiger partial charge < -0.3 is 9.42 Å². The van der Waals surface area contributed by atoms with Gasteiger partial charge in [0.25, 0.3) is 0 Å². The van der Waals surface area contributed by atoms with E-state index in [2.05, 4.69) is 34.4 Å². The van der Waals surface area contributed by atoms with E-state index >= 15 is 0 Å². The highest BCUT2D eigenvalue weighted by Gasteiger charge is 2.36. The number of hydrogen-bond donors (Lipinski definition) is 0. The molecule has 1 aliphatic heterocycles. The third kappa shape index (κ3) is 4.30. The molecule has 0 atom stereocenters. The van der Waals surface area contributed by atoms with Crippen LogP contribution in [0, 0.1) is 0 Å². The minimum Gasteiger partial charge on any atom is -0.341 e. The first-order valence-corrected chi connectivity index (χ1v) is 11.0. The molecule has 0 spiro atoms. The number of carbonyl (C=O) groups is 1. The summed E-state index contributed by atoms with van der Waals surface area (Å²) < 4.78 is 5.47. The van der Waals surface area contributed by atoms with E-state index in [1.54, 1.807) is 12.1 Å². The van der Waals surface area contributed by atoms with Crippen molar-refractivity contribution in [1.82, 2.24) is 15.0 Å². The van der Waals surface area contributed by atoms with Crippen LogP contribution in [-0.4, -0.2) is 34.0 Å². The third-order valence-electron chi connectivity index (χ3n) is 5.89. The summed E-state index contributed by atoms with van der Waals surface area (Å²) in [6.07, 6.45) is 0.429. The highest BCUT2D eigenvalue weighted by Crippen LogP contribution is 2.33. The Hall–Kier alpha value is -3.44. The van der Waals surface area contributed by atoms with Crippen molar-refractivity contribution in [3.8, 4) is 11.4 Å². The second-order valence-corrected chi connectivity index (χ2v) is 8.48. The summed E-state index contributed by atoms with van der Waals surface area (Å²) in [6.45, 7) is 1.18. The maximum Gasteiger partial charge on any atom is 0.233 e. The highest BCUT2D eigenvalue weighted by atomic mass is 35.5. The van der Waals surface area contributed by atoms with E-state index < -0.39 is 0 Å². The number of halogens is 1. The van der Waals surface area contributed by atoms with E-state index in [0.717, 1.165) is 16.7 Å². The first-order chi connectivity index (χ1) is 15.7. The first kappa shape index (κ1) is 20.5. The molecule has 3 aromatic carbocycles. The summed E-state index contributed by atoms with van der Waals surface area (Å²) in [7, 11) is 0. The van der Waals surface area contributed by atoms with Crippen LogP contribution in [0.2, 0.25) is 5.02 Å². The molecule has 1 aromatic heterocycles. The molecule has 4 aromatic rings. The quantitative estimate of drug-likeness (QED) is 0.392. The van der Waals surface area contributed by atoms with Crippen molar-refractivity contribution < 1.29 is 9.32 Å². The Balaban J connectivity index is 1.25. The molecule has 6 heteroatoms. The van der Waals surface area contributed by atoms with Crippen molar-refractivity contribution in [2.75, 3.05) is 13.1 Å². The van der Waals surface area contributed by atoms with Crippen LogP contribution in [0.4, 0.5) is 0 Å². The fraction of sp³-hybridized carbons (Fsp3) is 0.192. The van der Waals surface area contributed by atoms with Gasteiger partial charge in [-0.05, 0) is 23.3 Å². The van der Waals surface area contributed by atoms with Gasteiger partial charge in [0.2, 0.25) is 17.6 Å². The Morgan fingerprint density at radius 3 is 2.25 bits per heavy atom. The first-order valence-electron chi connectivity index (χ1n) is 10.6. The predicted octanol–water partition coefficient (Wildman–Crippen LogP) is 5.54. The van der Waals surface area contributed by atoms with Gasteiger partial charge >= 0.3 is 0 Å². The van der Waals surface area contributed by atoms with E-state index in [0.29, 0.717) is 36.2 Å². The summed E-state index contributed by atoms with van der Waals surface area (Å²) >= 11 is 6.06. The van der Waals surface area contributed by atoms with Crippen molar-refractivity contribution in [1.29, 1.82) is 0 Å². The molecule has 0 N–H and O–H groups in total. The van der Waals surface area contributed by atoms with Gasteiger partial charge in [0.05, 0.1) is 5.92 Å². The lowest BCUT2D eigenvalue weighted by molar-refractivity contribution is -0.136. The minimum atomic E-state index is 0.0294. The highest BCUT2D eigenvalue weighted by molar-refractivity contribution is 6.30. The van der Waals surface area contributed by atoms with Crippen molar-refractivity contribution in [3.05, 3.63) is 107 Å². The maximum absolute atomic E-state index is 13.1. The van der Waals surface area contributed by atoms with Gasteiger partial charge in [-0.1, -0.05) is 89.6 Å². The summed E-state index contributed by atoms with van der Waals surface area (Å²) in [4.78, 5) is 19.5. The molecule has 5 rings (SSSR count). The third-order valence-corrected chi connectivity index (χ3v) is 6.13. The van der Waals surface area contributed by atoms with Crippen LogP contribution in [0.1, 0.15) is 35.3 Å². The summed E-state index contributed by atoms with van der Waals surface area (Å²) in [5.74, 6) is 1.30. The zero-order chi connectivity index (χ0) is 21.9. The Kier molecular flexibility index (Phi) is 5.73. The molecule has 0 unspecified atom stereocenters. The molecule has 32 heavy (non-hydrogen) atoms. The monoisotopic (exact) mass is 443 g/mol. The Bertz CT molecular complexity index is 1160. The Labute approximate surface area is 191 Å². The second-order valence-electron chi connectivity index (χ2n) is 8.04. The molecule has 0 radical (unpaired) electrons. The zero-order valence-corrected chi connectivity index (χ0v) is 18.2. The van der Waals surface area contributed by atoms with Gasteiger partial charge in [-0.15, -0.1) is 0 Å². The van der Waals surface area contributed by atoms with Crippen LogP contribution in [0.3, 0.4) is 0 Å². The average molecular weight is 444 g/mol. The van der Waals surface area contributed by atoms with Crippen LogP contribution in [0.5, 0.6) is 0 Å². The van der Waals surface area contributed by atoms with Crippen LogP contribution >= 0.6 is 11.6 Å². The molecule has 1 saturated heterocycles. The molecule has 1 aliphatic rings. The number of hydrogen-bond acceptors (Lipinski definition) is 4. The molecule has 1 fully saturated rings. The van der Waals surface area contributed by atoms with Gasteiger partial charge in [-0.3, -0.25) is 4.79 Å². The van der Waals surface area contributed by atoms with Gasteiger partial charge in [0.15, 0.2) is 0 Å². The van der Waals surface area contributed by atoms with E-state index in [-0.39, 0.29) is 17.7 Å². The number of carbonyl (C=O) groups excluding carboxylic acids is 1. The van der Waals surface area contributed by atoms with Crippen LogP contribution in [0.25, 0.3) is 11.4 Å². The Morgan fingerprint density at radius 2 is 1.62 bits per heavy atom. The van der Waals surface area contributed by atoms with E-state index in [4.69, 9.17) is 16.1 Å².